The highest BCUT2D eigenvalue weighted by atomic mass is 32.2. The minimum absolute atomic E-state index is 0.284. The van der Waals surface area contributed by atoms with Gasteiger partial charge in [0, 0.05) is 24.9 Å². The highest BCUT2D eigenvalue weighted by Gasteiger charge is 2.31. The van der Waals surface area contributed by atoms with Gasteiger partial charge in [0.25, 0.3) is 15.7 Å². The molecular formula is C19H19N5O4S. The summed E-state index contributed by atoms with van der Waals surface area (Å²) in [5.41, 5.74) is 2.52. The molecule has 1 aromatic carbocycles. The van der Waals surface area contributed by atoms with E-state index in [4.69, 9.17) is 0 Å². The van der Waals surface area contributed by atoms with E-state index in [0.29, 0.717) is 11.5 Å². The van der Waals surface area contributed by atoms with Crippen LogP contribution in [0, 0.1) is 17.0 Å². The van der Waals surface area contributed by atoms with Crippen LogP contribution in [0.4, 0.5) is 5.69 Å². The van der Waals surface area contributed by atoms with E-state index in [-0.39, 0.29) is 10.5 Å². The highest BCUT2D eigenvalue weighted by molar-refractivity contribution is 7.89. The van der Waals surface area contributed by atoms with E-state index in [1.165, 1.54) is 56.8 Å². The maximum Gasteiger partial charge on any atom is 0.290 e. The lowest BCUT2D eigenvalue weighted by molar-refractivity contribution is -0.387. The van der Waals surface area contributed by atoms with Crippen LogP contribution >= 0.6 is 0 Å². The number of fused-ring (bicyclic) bond motifs is 1. The number of nitro benzene ring substituents is 1. The van der Waals surface area contributed by atoms with E-state index >= 15 is 0 Å². The molecule has 10 heteroatoms. The number of aromatic nitrogens is 2. The lowest BCUT2D eigenvalue weighted by atomic mass is 10.1. The quantitative estimate of drug-likeness (QED) is 0.350. The second-order valence-corrected chi connectivity index (χ2v) is 8.92. The minimum atomic E-state index is -4.20. The maximum absolute atomic E-state index is 12.9. The van der Waals surface area contributed by atoms with Crippen LogP contribution in [-0.4, -0.2) is 40.6 Å². The van der Waals surface area contributed by atoms with Crippen LogP contribution in [0.15, 0.2) is 52.7 Å². The van der Waals surface area contributed by atoms with Gasteiger partial charge in [0.05, 0.1) is 22.9 Å². The maximum atomic E-state index is 12.9. The monoisotopic (exact) mass is 413 g/mol. The van der Waals surface area contributed by atoms with Crippen LogP contribution in [0.2, 0.25) is 0 Å². The van der Waals surface area contributed by atoms with Crippen molar-refractivity contribution < 1.29 is 13.3 Å². The summed E-state index contributed by atoms with van der Waals surface area (Å²) in [5.74, 6) is 0.573. The van der Waals surface area contributed by atoms with Crippen LogP contribution in [-0.2, 0) is 10.0 Å². The van der Waals surface area contributed by atoms with Crippen molar-refractivity contribution in [1.29, 1.82) is 0 Å². The number of nitro groups is 1. The van der Waals surface area contributed by atoms with Crippen molar-refractivity contribution in [3.63, 3.8) is 0 Å². The molecule has 0 bridgehead atoms. The van der Waals surface area contributed by atoms with E-state index < -0.39 is 20.6 Å². The van der Waals surface area contributed by atoms with Crippen molar-refractivity contribution in [2.24, 2.45) is 5.10 Å². The molecule has 29 heavy (non-hydrogen) atoms. The SMILES string of the molecule is Cc1cccc([N+](=O)[O-])c1S(=O)(=O)N(C)N=Cc1cnn2ccc(C3CC3)cc12. The smallest absolute Gasteiger partial charge is 0.258 e. The highest BCUT2D eigenvalue weighted by Crippen LogP contribution is 2.40. The molecule has 0 N–H and O–H groups in total. The van der Waals surface area contributed by atoms with Crippen molar-refractivity contribution in [2.45, 2.75) is 30.6 Å². The Kier molecular flexibility index (Phi) is 4.58. The number of nitrogens with zero attached hydrogens (tertiary/aromatic N) is 5. The van der Waals surface area contributed by atoms with Gasteiger partial charge in [-0.3, -0.25) is 10.1 Å². The van der Waals surface area contributed by atoms with E-state index in [1.54, 1.807) is 10.7 Å². The topological polar surface area (TPSA) is 110 Å². The molecule has 0 atom stereocenters. The standard InChI is InChI=1S/C19H19N5O4S/c1-13-4-3-5-17(24(25)26)19(13)29(27,28)22(2)20-11-16-12-21-23-9-8-15(10-18(16)23)14-6-7-14/h3-5,8-12,14H,6-7H2,1-2H3. The number of hydrogen-bond acceptors (Lipinski definition) is 6. The van der Waals surface area contributed by atoms with Gasteiger partial charge in [-0.25, -0.2) is 4.52 Å². The number of pyridine rings is 1. The fourth-order valence-corrected chi connectivity index (χ4v) is 4.56. The minimum Gasteiger partial charge on any atom is -0.258 e. The normalized spacial score (nSPS) is 14.6. The lowest BCUT2D eigenvalue weighted by Crippen LogP contribution is -2.23. The largest absolute Gasteiger partial charge is 0.290 e. The van der Waals surface area contributed by atoms with Gasteiger partial charge in [-0.1, -0.05) is 12.1 Å². The molecule has 1 aliphatic carbocycles. The van der Waals surface area contributed by atoms with E-state index in [2.05, 4.69) is 10.2 Å². The Bertz CT molecular complexity index is 1240. The summed E-state index contributed by atoms with van der Waals surface area (Å²) in [7, 11) is -2.94. The Hall–Kier alpha value is -3.27. The Morgan fingerprint density at radius 2 is 2.10 bits per heavy atom. The van der Waals surface area contributed by atoms with E-state index in [1.807, 2.05) is 18.3 Å². The molecule has 1 saturated carbocycles. The van der Waals surface area contributed by atoms with Gasteiger partial charge < -0.3 is 0 Å². The number of hydrogen-bond donors (Lipinski definition) is 0. The zero-order chi connectivity index (χ0) is 20.8. The lowest BCUT2D eigenvalue weighted by Gasteiger charge is -2.15. The van der Waals surface area contributed by atoms with Gasteiger partial charge in [0.15, 0.2) is 4.90 Å². The Labute approximate surface area is 167 Å². The molecule has 0 saturated heterocycles. The molecule has 4 rings (SSSR count). The first-order valence-corrected chi connectivity index (χ1v) is 10.5. The van der Waals surface area contributed by atoms with Gasteiger partial charge in [-0.15, -0.1) is 0 Å². The average Bonchev–Trinajstić information content (AvgIpc) is 3.46. The van der Waals surface area contributed by atoms with Gasteiger partial charge in [0.2, 0.25) is 0 Å². The first-order chi connectivity index (χ1) is 13.8. The first-order valence-electron chi connectivity index (χ1n) is 9.03. The number of benzene rings is 1. The van der Waals surface area contributed by atoms with Crippen molar-refractivity contribution >= 4 is 27.4 Å². The second kappa shape index (κ2) is 6.96. The van der Waals surface area contributed by atoms with Gasteiger partial charge >= 0.3 is 0 Å². The zero-order valence-electron chi connectivity index (χ0n) is 15.9. The molecule has 2 aromatic heterocycles. The van der Waals surface area contributed by atoms with Crippen LogP contribution in [0.25, 0.3) is 5.52 Å². The number of hydrazone groups is 1. The predicted octanol–water partition coefficient (Wildman–Crippen LogP) is 3.08. The first kappa shape index (κ1) is 19.1. The van der Waals surface area contributed by atoms with Gasteiger partial charge in [0.1, 0.15) is 0 Å². The molecule has 0 unspecified atom stereocenters. The third-order valence-electron chi connectivity index (χ3n) is 4.98. The Balaban J connectivity index is 1.68. The third kappa shape index (κ3) is 3.46. The predicted molar refractivity (Wildman–Crippen MR) is 108 cm³/mol. The summed E-state index contributed by atoms with van der Waals surface area (Å²) < 4.78 is 28.3. The molecule has 0 spiro atoms. The molecular weight excluding hydrogens is 394 g/mol. The van der Waals surface area contributed by atoms with Crippen LogP contribution in [0.1, 0.15) is 35.4 Å². The summed E-state index contributed by atoms with van der Waals surface area (Å²) in [5, 5.41) is 19.6. The Morgan fingerprint density at radius 1 is 1.34 bits per heavy atom. The molecule has 3 aromatic rings. The van der Waals surface area contributed by atoms with Crippen LogP contribution in [0.3, 0.4) is 0 Å². The molecule has 2 heterocycles. The summed E-state index contributed by atoms with van der Waals surface area (Å²) in [6.45, 7) is 1.52. The molecule has 150 valence electrons. The van der Waals surface area contributed by atoms with Gasteiger partial charge in [-0.05, 0) is 48.9 Å². The summed E-state index contributed by atoms with van der Waals surface area (Å²) in [6.07, 6.45) is 7.22. The van der Waals surface area contributed by atoms with Crippen LogP contribution < -0.4 is 0 Å². The number of sulfonamides is 1. The van der Waals surface area contributed by atoms with Crippen molar-refractivity contribution in [2.75, 3.05) is 7.05 Å². The van der Waals surface area contributed by atoms with Crippen molar-refractivity contribution in [1.82, 2.24) is 14.0 Å². The molecule has 1 aliphatic rings. The molecule has 9 nitrogen and oxygen atoms in total. The fraction of sp³-hybridized carbons (Fsp3) is 0.263. The van der Waals surface area contributed by atoms with Gasteiger partial charge in [-0.2, -0.15) is 23.0 Å². The molecule has 0 aliphatic heterocycles. The second-order valence-electron chi connectivity index (χ2n) is 7.03. The molecule has 0 amide bonds. The number of aryl methyl sites for hydroxylation is 1. The molecule has 0 radical (unpaired) electrons. The fourth-order valence-electron chi connectivity index (χ4n) is 3.24. The summed E-state index contributed by atoms with van der Waals surface area (Å²) in [4.78, 5) is 10.2. The molecule has 1 fully saturated rings. The average molecular weight is 413 g/mol. The number of rotatable bonds is 6. The van der Waals surface area contributed by atoms with Crippen molar-refractivity contribution in [3.8, 4) is 0 Å². The van der Waals surface area contributed by atoms with Crippen LogP contribution in [0.5, 0.6) is 0 Å². The zero-order valence-corrected chi connectivity index (χ0v) is 16.7. The third-order valence-corrected chi connectivity index (χ3v) is 6.81. The van der Waals surface area contributed by atoms with E-state index in [0.717, 1.165) is 9.93 Å². The summed E-state index contributed by atoms with van der Waals surface area (Å²) >= 11 is 0. The Morgan fingerprint density at radius 3 is 2.79 bits per heavy atom. The summed E-state index contributed by atoms with van der Waals surface area (Å²) in [6, 6.07) is 8.20. The van der Waals surface area contributed by atoms with Crippen molar-refractivity contribution in [3.05, 3.63) is 69.5 Å². The van der Waals surface area contributed by atoms with E-state index in [9.17, 15) is 18.5 Å².